The van der Waals surface area contributed by atoms with E-state index in [1.54, 1.807) is 0 Å². The summed E-state index contributed by atoms with van der Waals surface area (Å²) < 4.78 is 72.0. The van der Waals surface area contributed by atoms with Gasteiger partial charge in [0.15, 0.2) is 5.58 Å². The molecule has 0 aliphatic heterocycles. The number of aryl methyl sites for hydroxylation is 1. The Labute approximate surface area is 160 Å². The van der Waals surface area contributed by atoms with E-state index >= 15 is 0 Å². The van der Waals surface area contributed by atoms with Gasteiger partial charge in [0.1, 0.15) is 4.90 Å². The van der Waals surface area contributed by atoms with Gasteiger partial charge in [-0.05, 0) is 24.3 Å². The number of hydrogen-bond acceptors (Lipinski definition) is 4. The zero-order valence-corrected chi connectivity index (χ0v) is 15.6. The number of nitrogens with zero attached hydrogens (tertiary/aromatic N) is 1. The molecule has 0 saturated heterocycles. The van der Waals surface area contributed by atoms with Crippen molar-refractivity contribution in [3.05, 3.63) is 56.5 Å². The lowest BCUT2D eigenvalue weighted by atomic mass is 10.2. The van der Waals surface area contributed by atoms with Crippen LogP contribution in [0.15, 0.2) is 44.4 Å². The van der Waals surface area contributed by atoms with Crippen LogP contribution in [0.1, 0.15) is 5.56 Å². The van der Waals surface area contributed by atoms with Crippen LogP contribution >= 0.6 is 23.2 Å². The van der Waals surface area contributed by atoms with Crippen molar-refractivity contribution in [2.75, 3.05) is 4.72 Å². The predicted molar refractivity (Wildman–Crippen MR) is 93.7 cm³/mol. The topological polar surface area (TPSA) is 81.3 Å². The van der Waals surface area contributed by atoms with E-state index in [1.807, 2.05) is 4.72 Å². The molecule has 0 aliphatic carbocycles. The zero-order valence-electron chi connectivity index (χ0n) is 13.3. The van der Waals surface area contributed by atoms with Gasteiger partial charge in [-0.15, -0.1) is 0 Å². The number of sulfonamides is 1. The molecule has 0 atom stereocenters. The molecule has 1 aromatic heterocycles. The highest BCUT2D eigenvalue weighted by Gasteiger charge is 2.34. The summed E-state index contributed by atoms with van der Waals surface area (Å²) in [5, 5.41) is -0.813. The van der Waals surface area contributed by atoms with Crippen LogP contribution < -0.4 is 10.5 Å². The van der Waals surface area contributed by atoms with Crippen molar-refractivity contribution in [1.82, 2.24) is 4.57 Å². The van der Waals surface area contributed by atoms with E-state index in [-0.39, 0.29) is 21.8 Å². The first-order chi connectivity index (χ1) is 12.4. The van der Waals surface area contributed by atoms with E-state index in [0.29, 0.717) is 6.07 Å². The Morgan fingerprint density at radius 1 is 1.11 bits per heavy atom. The molecule has 3 aromatic rings. The average molecular weight is 441 g/mol. The molecule has 27 heavy (non-hydrogen) atoms. The third kappa shape index (κ3) is 3.64. The molecular weight excluding hydrogens is 432 g/mol. The maximum atomic E-state index is 12.9. The van der Waals surface area contributed by atoms with Crippen molar-refractivity contribution < 1.29 is 26.0 Å². The summed E-state index contributed by atoms with van der Waals surface area (Å²) in [4.78, 5) is 11.1. The fourth-order valence-corrected chi connectivity index (χ4v) is 4.16. The van der Waals surface area contributed by atoms with Crippen LogP contribution in [0.3, 0.4) is 0 Å². The fraction of sp³-hybridized carbons (Fsp3) is 0.133. The quantitative estimate of drug-likeness (QED) is 0.659. The number of anilines is 1. The van der Waals surface area contributed by atoms with Crippen LogP contribution in [0.5, 0.6) is 0 Å². The number of fused-ring (bicyclic) bond motifs is 1. The first kappa shape index (κ1) is 19.6. The first-order valence-electron chi connectivity index (χ1n) is 7.09. The number of rotatable bonds is 3. The Morgan fingerprint density at radius 3 is 2.41 bits per heavy atom. The van der Waals surface area contributed by atoms with Gasteiger partial charge in [-0.25, -0.2) is 13.2 Å². The molecule has 1 heterocycles. The highest BCUT2D eigenvalue weighted by molar-refractivity contribution is 7.92. The normalized spacial score (nSPS) is 12.5. The Bertz CT molecular complexity index is 1220. The van der Waals surface area contributed by atoms with Gasteiger partial charge in [-0.3, -0.25) is 9.29 Å². The number of oxazole rings is 1. The molecule has 12 heteroatoms. The van der Waals surface area contributed by atoms with E-state index in [9.17, 15) is 26.4 Å². The minimum absolute atomic E-state index is 0.0423. The first-order valence-corrected chi connectivity index (χ1v) is 9.33. The lowest BCUT2D eigenvalue weighted by Crippen LogP contribution is -2.15. The lowest BCUT2D eigenvalue weighted by Gasteiger charge is -2.13. The third-order valence-corrected chi connectivity index (χ3v) is 5.84. The number of halogens is 5. The number of aromatic nitrogens is 1. The Kier molecular flexibility index (Phi) is 4.69. The predicted octanol–water partition coefficient (Wildman–Crippen LogP) is 4.26. The minimum atomic E-state index is -4.76. The van der Waals surface area contributed by atoms with Gasteiger partial charge in [-0.2, -0.15) is 13.2 Å². The second kappa shape index (κ2) is 6.47. The van der Waals surface area contributed by atoms with Crippen molar-refractivity contribution in [2.45, 2.75) is 11.1 Å². The van der Waals surface area contributed by atoms with E-state index in [2.05, 4.69) is 0 Å². The molecular formula is C15H9Cl2F3N2O4S. The van der Waals surface area contributed by atoms with Crippen molar-refractivity contribution in [3.8, 4) is 0 Å². The van der Waals surface area contributed by atoms with Gasteiger partial charge in [0.05, 0.1) is 21.1 Å². The molecule has 0 amide bonds. The van der Waals surface area contributed by atoms with Crippen molar-refractivity contribution >= 4 is 50.0 Å². The number of benzene rings is 2. The molecule has 0 aliphatic rings. The summed E-state index contributed by atoms with van der Waals surface area (Å²) in [6.45, 7) is 0. The van der Waals surface area contributed by atoms with Crippen LogP contribution in [0.2, 0.25) is 10.0 Å². The third-order valence-electron chi connectivity index (χ3n) is 3.66. The average Bonchev–Trinajstić information content (AvgIpc) is 2.82. The fourth-order valence-electron chi connectivity index (χ4n) is 2.35. The highest BCUT2D eigenvalue weighted by atomic mass is 35.5. The molecule has 0 spiro atoms. The SMILES string of the molecule is Cn1c(=O)oc2cc(S(=O)(=O)Nc3ccc(Cl)c(C(F)(F)F)c3)c(Cl)cc21. The van der Waals surface area contributed by atoms with Crippen LogP contribution in [0.25, 0.3) is 11.1 Å². The molecule has 1 N–H and O–H groups in total. The van der Waals surface area contributed by atoms with Crippen molar-refractivity contribution in [1.29, 1.82) is 0 Å². The number of nitrogens with one attached hydrogen (secondary N) is 1. The van der Waals surface area contributed by atoms with Gasteiger partial charge in [0.25, 0.3) is 10.0 Å². The molecule has 6 nitrogen and oxygen atoms in total. The molecule has 0 unspecified atom stereocenters. The minimum Gasteiger partial charge on any atom is -0.408 e. The largest absolute Gasteiger partial charge is 0.419 e. The molecule has 3 rings (SSSR count). The molecule has 0 radical (unpaired) electrons. The monoisotopic (exact) mass is 440 g/mol. The standard InChI is InChI=1S/C15H9Cl2F3N2O4S/c1-22-11-5-10(17)13(6-12(11)26-14(22)23)27(24,25)21-7-2-3-9(16)8(4-7)15(18,19)20/h2-6,21H,1H3. The Morgan fingerprint density at radius 2 is 1.78 bits per heavy atom. The van der Waals surface area contributed by atoms with Crippen LogP contribution in [-0.2, 0) is 23.2 Å². The van der Waals surface area contributed by atoms with Gasteiger partial charge in [0, 0.05) is 18.8 Å². The number of hydrogen-bond donors (Lipinski definition) is 1. The molecule has 0 saturated carbocycles. The Hall–Kier alpha value is -2.17. The van der Waals surface area contributed by atoms with E-state index in [0.717, 1.165) is 22.8 Å². The molecule has 0 fully saturated rings. The van der Waals surface area contributed by atoms with Crippen molar-refractivity contribution in [3.63, 3.8) is 0 Å². The zero-order chi connectivity index (χ0) is 20.1. The summed E-state index contributed by atoms with van der Waals surface area (Å²) in [7, 11) is -2.97. The van der Waals surface area contributed by atoms with E-state index in [1.165, 1.54) is 13.1 Å². The summed E-state index contributed by atoms with van der Waals surface area (Å²) in [5.41, 5.74) is -1.34. The second-order valence-electron chi connectivity index (χ2n) is 5.48. The summed E-state index contributed by atoms with van der Waals surface area (Å²) in [6.07, 6.45) is -4.76. The molecule has 0 bridgehead atoms. The van der Waals surface area contributed by atoms with Crippen molar-refractivity contribution in [2.24, 2.45) is 7.05 Å². The van der Waals surface area contributed by atoms with Crippen LogP contribution in [0, 0.1) is 0 Å². The van der Waals surface area contributed by atoms with Gasteiger partial charge < -0.3 is 4.42 Å². The van der Waals surface area contributed by atoms with Gasteiger partial charge in [0.2, 0.25) is 0 Å². The summed E-state index contributed by atoms with van der Waals surface area (Å²) >= 11 is 11.5. The van der Waals surface area contributed by atoms with E-state index in [4.69, 9.17) is 27.6 Å². The Balaban J connectivity index is 2.07. The van der Waals surface area contributed by atoms with E-state index < -0.39 is 37.4 Å². The van der Waals surface area contributed by atoms with Gasteiger partial charge >= 0.3 is 11.9 Å². The van der Waals surface area contributed by atoms with Crippen LogP contribution in [-0.4, -0.2) is 13.0 Å². The van der Waals surface area contributed by atoms with Crippen LogP contribution in [0.4, 0.5) is 18.9 Å². The lowest BCUT2D eigenvalue weighted by molar-refractivity contribution is -0.137. The smallest absolute Gasteiger partial charge is 0.408 e. The maximum Gasteiger partial charge on any atom is 0.419 e. The second-order valence-corrected chi connectivity index (χ2v) is 7.94. The summed E-state index contributed by atoms with van der Waals surface area (Å²) in [5.74, 6) is -0.726. The molecule has 144 valence electrons. The van der Waals surface area contributed by atoms with Gasteiger partial charge in [-0.1, -0.05) is 23.2 Å². The summed E-state index contributed by atoms with van der Waals surface area (Å²) in [6, 6.07) is 4.78. The highest BCUT2D eigenvalue weighted by Crippen LogP contribution is 2.37. The molecule has 2 aromatic carbocycles. The number of alkyl halides is 3. The maximum absolute atomic E-state index is 12.9.